The molecule has 0 saturated carbocycles. The number of hydrogen-bond donors (Lipinski definition) is 1. The van der Waals surface area contributed by atoms with Crippen LogP contribution in [0.4, 0.5) is 5.69 Å². The first kappa shape index (κ1) is 19.6. The molecule has 7 heteroatoms. The lowest BCUT2D eigenvalue weighted by Gasteiger charge is -2.13. The van der Waals surface area contributed by atoms with E-state index >= 15 is 0 Å². The minimum atomic E-state index is -0.271. The highest BCUT2D eigenvalue weighted by Gasteiger charge is 2.20. The number of carbonyl (C=O) groups excluding carboxylic acids is 1. The highest BCUT2D eigenvalue weighted by molar-refractivity contribution is 6.13. The standard InChI is InChI=1S/C23H23N5O2/c1-14(2)28-21-18(13-25-28)17(12-20(26-21)16-9-6-5-8-15(16)3)22(29)27-19-10-7-11-24-23(19)30-4/h5-14H,1-4H3,(H,27,29). The van der Waals surface area contributed by atoms with Gasteiger partial charge in [-0.2, -0.15) is 5.10 Å². The largest absolute Gasteiger partial charge is 0.480 e. The molecule has 0 atom stereocenters. The Kier molecular flexibility index (Phi) is 5.18. The number of anilines is 1. The van der Waals surface area contributed by atoms with Gasteiger partial charge in [-0.1, -0.05) is 24.3 Å². The summed E-state index contributed by atoms with van der Waals surface area (Å²) in [6.45, 7) is 6.10. The summed E-state index contributed by atoms with van der Waals surface area (Å²) in [4.78, 5) is 22.3. The molecule has 0 aliphatic heterocycles. The summed E-state index contributed by atoms with van der Waals surface area (Å²) in [7, 11) is 1.52. The monoisotopic (exact) mass is 401 g/mol. The van der Waals surface area contributed by atoms with Gasteiger partial charge >= 0.3 is 0 Å². The summed E-state index contributed by atoms with van der Waals surface area (Å²) in [6, 6.07) is 13.4. The van der Waals surface area contributed by atoms with Gasteiger partial charge in [0.15, 0.2) is 5.65 Å². The first-order valence-corrected chi connectivity index (χ1v) is 9.74. The Hall–Kier alpha value is -3.74. The van der Waals surface area contributed by atoms with Crippen LogP contribution in [0.5, 0.6) is 5.88 Å². The van der Waals surface area contributed by atoms with E-state index in [4.69, 9.17) is 9.72 Å². The molecule has 3 heterocycles. The fraction of sp³-hybridized carbons (Fsp3) is 0.217. The van der Waals surface area contributed by atoms with Crippen molar-refractivity contribution in [2.45, 2.75) is 26.8 Å². The highest BCUT2D eigenvalue weighted by Crippen LogP contribution is 2.29. The third-order valence-corrected chi connectivity index (χ3v) is 4.93. The summed E-state index contributed by atoms with van der Waals surface area (Å²) in [6.07, 6.45) is 3.31. The van der Waals surface area contributed by atoms with Gasteiger partial charge in [0, 0.05) is 17.8 Å². The Balaban J connectivity index is 1.88. The number of nitrogens with zero attached hydrogens (tertiary/aromatic N) is 4. The number of ether oxygens (including phenoxy) is 1. The number of nitrogens with one attached hydrogen (secondary N) is 1. The second-order valence-corrected chi connectivity index (χ2v) is 7.30. The quantitative estimate of drug-likeness (QED) is 0.527. The van der Waals surface area contributed by atoms with Gasteiger partial charge in [0.05, 0.1) is 30.0 Å². The van der Waals surface area contributed by atoms with E-state index in [-0.39, 0.29) is 11.9 Å². The Morgan fingerprint density at radius 3 is 2.70 bits per heavy atom. The van der Waals surface area contributed by atoms with Crippen LogP contribution in [0.25, 0.3) is 22.3 Å². The number of methoxy groups -OCH3 is 1. The van der Waals surface area contributed by atoms with E-state index in [1.165, 1.54) is 7.11 Å². The zero-order chi connectivity index (χ0) is 21.3. The van der Waals surface area contributed by atoms with Crippen LogP contribution in [0.3, 0.4) is 0 Å². The van der Waals surface area contributed by atoms with E-state index in [0.29, 0.717) is 28.2 Å². The topological polar surface area (TPSA) is 81.9 Å². The third-order valence-electron chi connectivity index (χ3n) is 4.93. The number of benzene rings is 1. The van der Waals surface area contributed by atoms with E-state index in [1.54, 1.807) is 24.5 Å². The number of pyridine rings is 2. The molecule has 152 valence electrons. The van der Waals surface area contributed by atoms with Gasteiger partial charge in [-0.25, -0.2) is 14.6 Å². The van der Waals surface area contributed by atoms with Crippen molar-refractivity contribution in [3.05, 3.63) is 66.0 Å². The predicted octanol–water partition coefficient (Wildman–Crippen LogP) is 4.64. The molecule has 0 bridgehead atoms. The van der Waals surface area contributed by atoms with Gasteiger partial charge in [0.25, 0.3) is 5.91 Å². The lowest BCUT2D eigenvalue weighted by Crippen LogP contribution is -2.14. The third kappa shape index (κ3) is 3.50. The maximum absolute atomic E-state index is 13.3. The molecule has 7 nitrogen and oxygen atoms in total. The van der Waals surface area contributed by atoms with Crippen LogP contribution in [0, 0.1) is 6.92 Å². The molecule has 0 fully saturated rings. The number of carbonyl (C=O) groups is 1. The zero-order valence-electron chi connectivity index (χ0n) is 17.4. The molecule has 4 rings (SSSR count). The van der Waals surface area contributed by atoms with Gasteiger partial charge < -0.3 is 10.1 Å². The summed E-state index contributed by atoms with van der Waals surface area (Å²) >= 11 is 0. The first-order valence-electron chi connectivity index (χ1n) is 9.74. The van der Waals surface area contributed by atoms with Crippen molar-refractivity contribution < 1.29 is 9.53 Å². The fourth-order valence-electron chi connectivity index (χ4n) is 3.42. The number of aromatic nitrogens is 4. The molecule has 0 radical (unpaired) electrons. The van der Waals surface area contributed by atoms with Crippen molar-refractivity contribution in [2.75, 3.05) is 12.4 Å². The van der Waals surface area contributed by atoms with Crippen molar-refractivity contribution in [1.29, 1.82) is 0 Å². The molecule has 1 aromatic carbocycles. The van der Waals surface area contributed by atoms with E-state index in [0.717, 1.165) is 16.8 Å². The van der Waals surface area contributed by atoms with Gasteiger partial charge in [-0.05, 0) is 44.5 Å². The van der Waals surface area contributed by atoms with Gasteiger partial charge in [-0.3, -0.25) is 4.79 Å². The van der Waals surface area contributed by atoms with Crippen LogP contribution in [0.2, 0.25) is 0 Å². The lowest BCUT2D eigenvalue weighted by molar-refractivity contribution is 0.102. The minimum Gasteiger partial charge on any atom is -0.480 e. The van der Waals surface area contributed by atoms with Gasteiger partial charge in [0.2, 0.25) is 5.88 Å². The summed E-state index contributed by atoms with van der Waals surface area (Å²) < 4.78 is 7.09. The zero-order valence-corrected chi connectivity index (χ0v) is 17.4. The fourth-order valence-corrected chi connectivity index (χ4v) is 3.42. The van der Waals surface area contributed by atoms with E-state index in [2.05, 4.69) is 15.4 Å². The molecular formula is C23H23N5O2. The molecule has 30 heavy (non-hydrogen) atoms. The molecule has 0 unspecified atom stereocenters. The van der Waals surface area contributed by atoms with Crippen LogP contribution in [0.1, 0.15) is 35.8 Å². The molecule has 3 aromatic heterocycles. The average molecular weight is 401 g/mol. The normalized spacial score (nSPS) is 11.1. The highest BCUT2D eigenvalue weighted by atomic mass is 16.5. The molecule has 4 aromatic rings. The van der Waals surface area contributed by atoms with Crippen molar-refractivity contribution in [2.24, 2.45) is 0 Å². The van der Waals surface area contributed by atoms with Crippen LogP contribution in [-0.2, 0) is 0 Å². The molecule has 0 aliphatic carbocycles. The molecule has 0 aliphatic rings. The van der Waals surface area contributed by atoms with Crippen LogP contribution in [0.15, 0.2) is 54.9 Å². The maximum Gasteiger partial charge on any atom is 0.256 e. The molecule has 1 N–H and O–H groups in total. The van der Waals surface area contributed by atoms with Crippen molar-refractivity contribution >= 4 is 22.6 Å². The van der Waals surface area contributed by atoms with Gasteiger partial charge in [-0.15, -0.1) is 0 Å². The van der Waals surface area contributed by atoms with Crippen LogP contribution >= 0.6 is 0 Å². The van der Waals surface area contributed by atoms with Crippen LogP contribution in [-0.4, -0.2) is 32.8 Å². The molecule has 1 amide bonds. The summed E-state index contributed by atoms with van der Waals surface area (Å²) in [5.41, 5.74) is 4.46. The van der Waals surface area contributed by atoms with Crippen molar-refractivity contribution in [3.8, 4) is 17.1 Å². The Labute approximate surface area is 174 Å². The summed E-state index contributed by atoms with van der Waals surface area (Å²) in [5.74, 6) is 0.0833. The Bertz CT molecular complexity index is 1230. The molecular weight excluding hydrogens is 378 g/mol. The number of fused-ring (bicyclic) bond motifs is 1. The van der Waals surface area contributed by atoms with Crippen molar-refractivity contribution in [1.82, 2.24) is 19.7 Å². The second kappa shape index (κ2) is 7.94. The molecule has 0 saturated heterocycles. The number of amides is 1. The van der Waals surface area contributed by atoms with E-state index in [1.807, 2.05) is 55.8 Å². The smallest absolute Gasteiger partial charge is 0.256 e. The molecule has 0 spiro atoms. The van der Waals surface area contributed by atoms with Crippen LogP contribution < -0.4 is 10.1 Å². The number of rotatable bonds is 5. The minimum absolute atomic E-state index is 0.108. The van der Waals surface area contributed by atoms with Gasteiger partial charge in [0.1, 0.15) is 5.69 Å². The average Bonchev–Trinajstić information content (AvgIpc) is 3.18. The lowest BCUT2D eigenvalue weighted by atomic mass is 10.0. The summed E-state index contributed by atoms with van der Waals surface area (Å²) in [5, 5.41) is 8.08. The number of hydrogen-bond acceptors (Lipinski definition) is 5. The van der Waals surface area contributed by atoms with E-state index < -0.39 is 0 Å². The second-order valence-electron chi connectivity index (χ2n) is 7.30. The number of aryl methyl sites for hydroxylation is 1. The Morgan fingerprint density at radius 1 is 1.17 bits per heavy atom. The first-order chi connectivity index (χ1) is 14.5. The van der Waals surface area contributed by atoms with E-state index in [9.17, 15) is 4.79 Å². The Morgan fingerprint density at radius 2 is 1.97 bits per heavy atom. The maximum atomic E-state index is 13.3. The SMILES string of the molecule is COc1ncccc1NC(=O)c1cc(-c2ccccc2C)nc2c1cnn2C(C)C. The van der Waals surface area contributed by atoms with Crippen molar-refractivity contribution in [3.63, 3.8) is 0 Å². The predicted molar refractivity (Wildman–Crippen MR) is 117 cm³/mol.